The second-order valence-corrected chi connectivity index (χ2v) is 5.39. The Balaban J connectivity index is 1.83. The van der Waals surface area contributed by atoms with Crippen LogP contribution in [0.5, 0.6) is 0 Å². The molecule has 1 aliphatic rings. The molecular weight excluding hydrogens is 266 g/mol. The molecule has 0 radical (unpaired) electrons. The van der Waals surface area contributed by atoms with Crippen LogP contribution in [0.1, 0.15) is 12.5 Å². The Kier molecular flexibility index (Phi) is 6.17. The highest BCUT2D eigenvalue weighted by atomic mass is 16.5. The summed E-state index contributed by atoms with van der Waals surface area (Å²) in [6.07, 6.45) is 1.14. The molecule has 0 saturated carbocycles. The molecule has 5 heteroatoms. The molecule has 5 nitrogen and oxygen atoms in total. The predicted molar refractivity (Wildman–Crippen MR) is 84.6 cm³/mol. The lowest BCUT2D eigenvalue weighted by molar-refractivity contribution is -0.119. The molecule has 116 valence electrons. The SMILES string of the molecule is CCc1cccc(NC(=O)CN2CCOC(CNC)C2)c1. The van der Waals surface area contributed by atoms with E-state index in [1.165, 1.54) is 5.56 Å². The molecule has 1 amide bonds. The number of hydrogen-bond acceptors (Lipinski definition) is 4. The summed E-state index contributed by atoms with van der Waals surface area (Å²) in [5.74, 6) is 0.0355. The molecule has 1 aromatic carbocycles. The normalized spacial score (nSPS) is 19.4. The number of benzene rings is 1. The van der Waals surface area contributed by atoms with Crippen molar-refractivity contribution >= 4 is 11.6 Å². The van der Waals surface area contributed by atoms with Crippen molar-refractivity contribution in [1.29, 1.82) is 0 Å². The van der Waals surface area contributed by atoms with Crippen LogP contribution in [0.3, 0.4) is 0 Å². The molecule has 1 aromatic rings. The highest BCUT2D eigenvalue weighted by Crippen LogP contribution is 2.11. The van der Waals surface area contributed by atoms with Gasteiger partial charge in [0, 0.05) is 25.3 Å². The Labute approximate surface area is 126 Å². The van der Waals surface area contributed by atoms with Crippen molar-refractivity contribution in [1.82, 2.24) is 10.2 Å². The summed E-state index contributed by atoms with van der Waals surface area (Å²) < 4.78 is 5.64. The van der Waals surface area contributed by atoms with Crippen LogP contribution < -0.4 is 10.6 Å². The molecule has 2 N–H and O–H groups in total. The second kappa shape index (κ2) is 8.12. The van der Waals surface area contributed by atoms with Gasteiger partial charge in [0.2, 0.25) is 5.91 Å². The van der Waals surface area contributed by atoms with Gasteiger partial charge in [-0.1, -0.05) is 19.1 Å². The average molecular weight is 291 g/mol. The first kappa shape index (κ1) is 15.9. The zero-order chi connectivity index (χ0) is 15.1. The quantitative estimate of drug-likeness (QED) is 0.824. The lowest BCUT2D eigenvalue weighted by Crippen LogP contribution is -2.48. The summed E-state index contributed by atoms with van der Waals surface area (Å²) >= 11 is 0. The van der Waals surface area contributed by atoms with Gasteiger partial charge in [-0.15, -0.1) is 0 Å². The van der Waals surface area contributed by atoms with Gasteiger partial charge in [0.05, 0.1) is 19.3 Å². The molecule has 2 rings (SSSR count). The van der Waals surface area contributed by atoms with Gasteiger partial charge in [0.1, 0.15) is 0 Å². The number of nitrogens with zero attached hydrogens (tertiary/aromatic N) is 1. The monoisotopic (exact) mass is 291 g/mol. The van der Waals surface area contributed by atoms with E-state index in [0.29, 0.717) is 13.2 Å². The Bertz CT molecular complexity index is 463. The van der Waals surface area contributed by atoms with E-state index in [1.54, 1.807) is 0 Å². The molecule has 1 saturated heterocycles. The minimum absolute atomic E-state index is 0.0355. The Morgan fingerprint density at radius 1 is 1.48 bits per heavy atom. The number of carbonyl (C=O) groups is 1. The lowest BCUT2D eigenvalue weighted by atomic mass is 10.1. The van der Waals surface area contributed by atoms with Crippen molar-refractivity contribution in [3.05, 3.63) is 29.8 Å². The molecule has 0 aromatic heterocycles. The predicted octanol–water partition coefficient (Wildman–Crippen LogP) is 1.11. The minimum atomic E-state index is 0.0355. The van der Waals surface area contributed by atoms with Gasteiger partial charge in [-0.05, 0) is 31.2 Å². The van der Waals surface area contributed by atoms with Crippen LogP contribution >= 0.6 is 0 Å². The number of anilines is 1. The van der Waals surface area contributed by atoms with Crippen molar-refractivity contribution < 1.29 is 9.53 Å². The van der Waals surface area contributed by atoms with Crippen LogP contribution in [0.15, 0.2) is 24.3 Å². The largest absolute Gasteiger partial charge is 0.374 e. The van der Waals surface area contributed by atoms with E-state index in [4.69, 9.17) is 4.74 Å². The van der Waals surface area contributed by atoms with Gasteiger partial charge < -0.3 is 15.4 Å². The first-order valence-corrected chi connectivity index (χ1v) is 7.58. The number of hydrogen-bond donors (Lipinski definition) is 2. The first-order chi connectivity index (χ1) is 10.2. The van der Waals surface area contributed by atoms with Crippen molar-refractivity contribution in [2.24, 2.45) is 0 Å². The number of carbonyl (C=O) groups excluding carboxylic acids is 1. The molecule has 1 unspecified atom stereocenters. The van der Waals surface area contributed by atoms with E-state index in [0.717, 1.165) is 31.7 Å². The van der Waals surface area contributed by atoms with Crippen molar-refractivity contribution in [3.8, 4) is 0 Å². The van der Waals surface area contributed by atoms with Crippen LogP contribution in [0.25, 0.3) is 0 Å². The summed E-state index contributed by atoms with van der Waals surface area (Å²) in [6.45, 7) is 5.63. The number of likely N-dealkylation sites (N-methyl/N-ethyl adjacent to an activating group) is 1. The van der Waals surface area contributed by atoms with E-state index < -0.39 is 0 Å². The fourth-order valence-electron chi connectivity index (χ4n) is 2.55. The number of aryl methyl sites for hydroxylation is 1. The highest BCUT2D eigenvalue weighted by molar-refractivity contribution is 5.92. The summed E-state index contributed by atoms with van der Waals surface area (Å²) in [7, 11) is 1.91. The maximum Gasteiger partial charge on any atom is 0.238 e. The highest BCUT2D eigenvalue weighted by Gasteiger charge is 2.21. The van der Waals surface area contributed by atoms with Gasteiger partial charge in [-0.3, -0.25) is 9.69 Å². The Morgan fingerprint density at radius 3 is 3.10 bits per heavy atom. The summed E-state index contributed by atoms with van der Waals surface area (Å²) in [5.41, 5.74) is 2.10. The van der Waals surface area contributed by atoms with E-state index in [-0.39, 0.29) is 12.0 Å². The maximum atomic E-state index is 12.1. The number of morpholine rings is 1. The second-order valence-electron chi connectivity index (χ2n) is 5.39. The number of amides is 1. The van der Waals surface area contributed by atoms with E-state index >= 15 is 0 Å². The van der Waals surface area contributed by atoms with Gasteiger partial charge in [0.25, 0.3) is 0 Å². The van der Waals surface area contributed by atoms with Crippen molar-refractivity contribution in [2.45, 2.75) is 19.4 Å². The fourth-order valence-corrected chi connectivity index (χ4v) is 2.55. The van der Waals surface area contributed by atoms with Crippen LogP contribution in [-0.4, -0.2) is 56.7 Å². The van der Waals surface area contributed by atoms with Crippen molar-refractivity contribution in [2.75, 3.05) is 45.2 Å². The van der Waals surface area contributed by atoms with Crippen molar-refractivity contribution in [3.63, 3.8) is 0 Å². The van der Waals surface area contributed by atoms with Crippen LogP contribution in [0, 0.1) is 0 Å². The molecular formula is C16H25N3O2. The van der Waals surface area contributed by atoms with Gasteiger partial charge >= 0.3 is 0 Å². The third-order valence-electron chi connectivity index (χ3n) is 3.64. The Hall–Kier alpha value is -1.43. The molecule has 1 atom stereocenters. The topological polar surface area (TPSA) is 53.6 Å². The standard InChI is InChI=1S/C16H25N3O2/c1-3-13-5-4-6-14(9-13)18-16(20)12-19-7-8-21-15(11-19)10-17-2/h4-6,9,15,17H,3,7-8,10-12H2,1-2H3,(H,18,20). The van der Waals surface area contributed by atoms with E-state index in [9.17, 15) is 4.79 Å². The van der Waals surface area contributed by atoms with Gasteiger partial charge in [-0.25, -0.2) is 0 Å². The van der Waals surface area contributed by atoms with Crippen LogP contribution in [0.2, 0.25) is 0 Å². The van der Waals surface area contributed by atoms with Crippen LogP contribution in [-0.2, 0) is 16.0 Å². The number of rotatable bonds is 6. The molecule has 21 heavy (non-hydrogen) atoms. The molecule has 1 heterocycles. The zero-order valence-electron chi connectivity index (χ0n) is 12.9. The number of ether oxygens (including phenoxy) is 1. The van der Waals surface area contributed by atoms with E-state index in [2.05, 4.69) is 28.5 Å². The van der Waals surface area contributed by atoms with E-state index in [1.807, 2.05) is 25.2 Å². The minimum Gasteiger partial charge on any atom is -0.374 e. The van der Waals surface area contributed by atoms with Crippen LogP contribution in [0.4, 0.5) is 5.69 Å². The Morgan fingerprint density at radius 2 is 2.33 bits per heavy atom. The number of nitrogens with one attached hydrogen (secondary N) is 2. The summed E-state index contributed by atoms with van der Waals surface area (Å²) in [5, 5.41) is 6.09. The summed E-state index contributed by atoms with van der Waals surface area (Å²) in [6, 6.07) is 8.01. The molecule has 1 aliphatic heterocycles. The lowest BCUT2D eigenvalue weighted by Gasteiger charge is -2.32. The summed E-state index contributed by atoms with van der Waals surface area (Å²) in [4.78, 5) is 14.3. The maximum absolute atomic E-state index is 12.1. The molecule has 0 bridgehead atoms. The third-order valence-corrected chi connectivity index (χ3v) is 3.64. The molecule has 0 spiro atoms. The van der Waals surface area contributed by atoms with Gasteiger partial charge in [-0.2, -0.15) is 0 Å². The molecule has 0 aliphatic carbocycles. The molecule has 1 fully saturated rings. The average Bonchev–Trinajstić information content (AvgIpc) is 2.48. The van der Waals surface area contributed by atoms with Gasteiger partial charge in [0.15, 0.2) is 0 Å². The third kappa shape index (κ3) is 5.12. The zero-order valence-corrected chi connectivity index (χ0v) is 12.9. The smallest absolute Gasteiger partial charge is 0.238 e. The fraction of sp³-hybridized carbons (Fsp3) is 0.562. The first-order valence-electron chi connectivity index (χ1n) is 7.58.